The molecule has 4 heteroatoms. The summed E-state index contributed by atoms with van der Waals surface area (Å²) in [6, 6.07) is 10.4. The van der Waals surface area contributed by atoms with Gasteiger partial charge in [-0.25, -0.2) is 0 Å². The van der Waals surface area contributed by atoms with E-state index in [4.69, 9.17) is 10.5 Å². The van der Waals surface area contributed by atoms with Gasteiger partial charge in [0, 0.05) is 10.6 Å². The van der Waals surface area contributed by atoms with Crippen molar-refractivity contribution in [3.05, 3.63) is 30.3 Å². The van der Waals surface area contributed by atoms with E-state index in [1.807, 2.05) is 38.6 Å². The number of ether oxygens (including phenoxy) is 1. The van der Waals surface area contributed by atoms with E-state index in [2.05, 4.69) is 24.3 Å². The third-order valence-corrected chi connectivity index (χ3v) is 5.23. The van der Waals surface area contributed by atoms with Gasteiger partial charge < -0.3 is 10.5 Å². The summed E-state index contributed by atoms with van der Waals surface area (Å²) in [6.07, 6.45) is 3.62. The highest BCUT2D eigenvalue weighted by molar-refractivity contribution is 7.99. The first-order valence-electron chi connectivity index (χ1n) is 7.99. The highest BCUT2D eigenvalue weighted by Crippen LogP contribution is 2.40. The summed E-state index contributed by atoms with van der Waals surface area (Å²) in [7, 11) is 0. The van der Waals surface area contributed by atoms with Crippen LogP contribution in [0.1, 0.15) is 46.5 Å². The molecule has 0 bridgehead atoms. The van der Waals surface area contributed by atoms with Crippen LogP contribution in [0.25, 0.3) is 0 Å². The lowest BCUT2D eigenvalue weighted by atomic mass is 9.77. The summed E-state index contributed by atoms with van der Waals surface area (Å²) in [6.45, 7) is 5.96. The van der Waals surface area contributed by atoms with Crippen LogP contribution in [0.5, 0.6) is 0 Å². The van der Waals surface area contributed by atoms with Crippen LogP contribution >= 0.6 is 11.8 Å². The van der Waals surface area contributed by atoms with Crippen LogP contribution < -0.4 is 5.73 Å². The minimum atomic E-state index is -0.793. The molecule has 22 heavy (non-hydrogen) atoms. The Labute approximate surface area is 138 Å². The van der Waals surface area contributed by atoms with Gasteiger partial charge in [0.2, 0.25) is 5.91 Å². The van der Waals surface area contributed by atoms with E-state index in [9.17, 15) is 4.79 Å². The molecule has 1 amide bonds. The summed E-state index contributed by atoms with van der Waals surface area (Å²) < 4.78 is 6.13. The van der Waals surface area contributed by atoms with Gasteiger partial charge in [0.15, 0.2) is 0 Å². The van der Waals surface area contributed by atoms with Crippen molar-refractivity contribution in [1.82, 2.24) is 0 Å². The van der Waals surface area contributed by atoms with Gasteiger partial charge in [0.05, 0.1) is 5.60 Å². The maximum Gasteiger partial charge on any atom is 0.249 e. The lowest BCUT2D eigenvalue weighted by molar-refractivity contribution is -0.175. The molecule has 3 nitrogen and oxygen atoms in total. The van der Waals surface area contributed by atoms with Crippen LogP contribution in [0, 0.1) is 5.92 Å². The second-order valence-corrected chi connectivity index (χ2v) is 8.25. The van der Waals surface area contributed by atoms with Gasteiger partial charge in [-0.05, 0) is 64.5 Å². The molecule has 2 N–H and O–H groups in total. The van der Waals surface area contributed by atoms with E-state index in [0.717, 1.165) is 31.4 Å². The normalized spacial score (nSPS) is 25.9. The Morgan fingerprint density at radius 2 is 2.05 bits per heavy atom. The number of primary amides is 1. The molecule has 122 valence electrons. The summed E-state index contributed by atoms with van der Waals surface area (Å²) >= 11 is 1.85. The highest BCUT2D eigenvalue weighted by Gasteiger charge is 2.44. The highest BCUT2D eigenvalue weighted by atomic mass is 32.2. The maximum absolute atomic E-state index is 12.1. The first-order chi connectivity index (χ1) is 10.3. The van der Waals surface area contributed by atoms with E-state index in [1.165, 1.54) is 4.90 Å². The Bertz CT molecular complexity index is 498. The number of carbonyl (C=O) groups excluding carboxylic acids is 1. The van der Waals surface area contributed by atoms with Crippen molar-refractivity contribution in [2.24, 2.45) is 11.7 Å². The van der Waals surface area contributed by atoms with Crippen LogP contribution in [0.4, 0.5) is 0 Å². The van der Waals surface area contributed by atoms with Crippen molar-refractivity contribution < 1.29 is 9.53 Å². The summed E-state index contributed by atoms with van der Waals surface area (Å²) in [5, 5.41) is 0. The zero-order chi connectivity index (χ0) is 16.2. The Balaban J connectivity index is 2.01. The Kier molecular flexibility index (Phi) is 5.56. The third-order valence-electron chi connectivity index (χ3n) is 3.99. The minimum absolute atomic E-state index is 0.308. The maximum atomic E-state index is 12.1. The van der Waals surface area contributed by atoms with Crippen molar-refractivity contribution in [3.63, 3.8) is 0 Å². The van der Waals surface area contributed by atoms with Crippen LogP contribution in [-0.2, 0) is 9.53 Å². The van der Waals surface area contributed by atoms with Gasteiger partial charge in [0.1, 0.15) is 5.60 Å². The predicted octanol–water partition coefficient (Wildman–Crippen LogP) is 4.01. The molecule has 0 aromatic heterocycles. The first kappa shape index (κ1) is 17.4. The Morgan fingerprint density at radius 1 is 1.36 bits per heavy atom. The Morgan fingerprint density at radius 3 is 2.64 bits per heavy atom. The van der Waals surface area contributed by atoms with Crippen LogP contribution in [-0.4, -0.2) is 22.9 Å². The smallest absolute Gasteiger partial charge is 0.249 e. The van der Waals surface area contributed by atoms with E-state index in [0.29, 0.717) is 5.92 Å². The topological polar surface area (TPSA) is 52.3 Å². The molecule has 2 rings (SSSR count). The molecule has 2 atom stereocenters. The molecule has 0 radical (unpaired) electrons. The van der Waals surface area contributed by atoms with E-state index >= 15 is 0 Å². The van der Waals surface area contributed by atoms with Gasteiger partial charge in [-0.1, -0.05) is 18.2 Å². The fraction of sp³-hybridized carbons (Fsp3) is 0.611. The van der Waals surface area contributed by atoms with Crippen LogP contribution in [0.2, 0.25) is 0 Å². The number of nitrogens with two attached hydrogens (primary N) is 1. The van der Waals surface area contributed by atoms with Crippen molar-refractivity contribution in [3.8, 4) is 0 Å². The zero-order valence-corrected chi connectivity index (χ0v) is 14.6. The molecule has 2 unspecified atom stereocenters. The van der Waals surface area contributed by atoms with Crippen LogP contribution in [0.3, 0.4) is 0 Å². The lowest BCUT2D eigenvalue weighted by Gasteiger charge is -2.42. The molecule has 0 aliphatic heterocycles. The number of hydrogen-bond donors (Lipinski definition) is 1. The number of benzene rings is 1. The lowest BCUT2D eigenvalue weighted by Crippen LogP contribution is -2.53. The number of thioether (sulfide) groups is 1. The first-order valence-corrected chi connectivity index (χ1v) is 8.97. The zero-order valence-electron chi connectivity index (χ0n) is 13.8. The molecule has 0 spiro atoms. The fourth-order valence-electron chi connectivity index (χ4n) is 3.17. The minimum Gasteiger partial charge on any atom is -0.367 e. The van der Waals surface area contributed by atoms with Gasteiger partial charge in [-0.3, -0.25) is 4.79 Å². The summed E-state index contributed by atoms with van der Waals surface area (Å²) in [5.74, 6) is 1.16. The monoisotopic (exact) mass is 321 g/mol. The van der Waals surface area contributed by atoms with Crippen molar-refractivity contribution in [2.75, 3.05) is 5.75 Å². The molecular formula is C18H27NO2S. The van der Waals surface area contributed by atoms with Gasteiger partial charge in [0.25, 0.3) is 0 Å². The van der Waals surface area contributed by atoms with Gasteiger partial charge in [-0.2, -0.15) is 0 Å². The van der Waals surface area contributed by atoms with E-state index in [-0.39, 0.29) is 11.5 Å². The van der Waals surface area contributed by atoms with Crippen molar-refractivity contribution in [2.45, 2.75) is 62.6 Å². The molecule has 1 aliphatic rings. The molecule has 0 saturated heterocycles. The average molecular weight is 321 g/mol. The van der Waals surface area contributed by atoms with E-state index in [1.54, 1.807) is 0 Å². The summed E-state index contributed by atoms with van der Waals surface area (Å²) in [5.41, 5.74) is 4.56. The second-order valence-electron chi connectivity index (χ2n) is 7.16. The number of rotatable bonds is 5. The Hall–Kier alpha value is -1.00. The number of amides is 1. The number of hydrogen-bond acceptors (Lipinski definition) is 3. The molecular weight excluding hydrogens is 294 g/mol. The number of carbonyl (C=O) groups is 1. The average Bonchev–Trinajstić information content (AvgIpc) is 2.45. The molecule has 0 heterocycles. The molecule has 1 aromatic carbocycles. The van der Waals surface area contributed by atoms with Crippen molar-refractivity contribution in [1.29, 1.82) is 0 Å². The molecule has 1 saturated carbocycles. The molecule has 1 fully saturated rings. The van der Waals surface area contributed by atoms with Crippen LogP contribution in [0.15, 0.2) is 35.2 Å². The predicted molar refractivity (Wildman–Crippen MR) is 91.9 cm³/mol. The largest absolute Gasteiger partial charge is 0.367 e. The fourth-order valence-corrected chi connectivity index (χ4v) is 4.23. The van der Waals surface area contributed by atoms with E-state index < -0.39 is 5.60 Å². The summed E-state index contributed by atoms with van der Waals surface area (Å²) in [4.78, 5) is 13.3. The molecule has 1 aromatic rings. The third kappa shape index (κ3) is 4.75. The van der Waals surface area contributed by atoms with Gasteiger partial charge in [-0.15, -0.1) is 11.8 Å². The SMILES string of the molecule is CC(C)(C)OC1(C(N)=O)CCCC(CSc2ccccc2)C1. The second kappa shape index (κ2) is 7.05. The van der Waals surface area contributed by atoms with Gasteiger partial charge >= 0.3 is 0 Å². The standard InChI is InChI=1S/C18H27NO2S/c1-17(2,3)21-18(16(19)20)11-7-8-14(12-18)13-22-15-9-5-4-6-10-15/h4-6,9-10,14H,7-8,11-13H2,1-3H3,(H2,19,20). The molecule has 1 aliphatic carbocycles. The quantitative estimate of drug-likeness (QED) is 0.834. The van der Waals surface area contributed by atoms with Crippen molar-refractivity contribution >= 4 is 17.7 Å².